The highest BCUT2D eigenvalue weighted by Gasteiger charge is 2.38. The number of fused-ring (bicyclic) bond motifs is 2. The average molecular weight is 207 g/mol. The fraction of sp³-hybridized carbons (Fsp3) is 0.769. The van der Waals surface area contributed by atoms with E-state index >= 15 is 0 Å². The first kappa shape index (κ1) is 10.9. The highest BCUT2D eigenvalue weighted by Crippen LogP contribution is 2.44. The summed E-state index contributed by atoms with van der Waals surface area (Å²) < 4.78 is 0. The molecule has 2 nitrogen and oxygen atoms in total. The van der Waals surface area contributed by atoms with Crippen LogP contribution in [0.4, 0.5) is 0 Å². The van der Waals surface area contributed by atoms with E-state index in [1.54, 1.807) is 0 Å². The first-order valence-electron chi connectivity index (χ1n) is 6.02. The number of carbonyl (C=O) groups excluding carboxylic acids is 1. The molecule has 0 aliphatic heterocycles. The standard InChI is InChI=1S/C13H21NO/c1-14(2)7-3-4-13(15)12-9-10-5-6-11(12)8-10/h5-6,10-12H,3-4,7-9H2,1-2H3. The molecule has 2 aliphatic rings. The number of rotatable bonds is 5. The molecule has 0 heterocycles. The van der Waals surface area contributed by atoms with Crippen molar-refractivity contribution in [2.75, 3.05) is 20.6 Å². The molecular formula is C13H21NO. The van der Waals surface area contributed by atoms with Gasteiger partial charge in [0.1, 0.15) is 5.78 Å². The highest BCUT2D eigenvalue weighted by molar-refractivity contribution is 5.82. The summed E-state index contributed by atoms with van der Waals surface area (Å²) in [6.45, 7) is 1.03. The van der Waals surface area contributed by atoms with Crippen LogP contribution >= 0.6 is 0 Å². The van der Waals surface area contributed by atoms with Crippen LogP contribution in [0.2, 0.25) is 0 Å². The lowest BCUT2D eigenvalue weighted by atomic mass is 9.88. The van der Waals surface area contributed by atoms with Gasteiger partial charge in [-0.3, -0.25) is 4.79 Å². The molecule has 2 heteroatoms. The minimum Gasteiger partial charge on any atom is -0.309 e. The monoisotopic (exact) mass is 207 g/mol. The van der Waals surface area contributed by atoms with Crippen LogP contribution in [0.15, 0.2) is 12.2 Å². The molecular weight excluding hydrogens is 186 g/mol. The molecule has 2 bridgehead atoms. The normalized spacial score (nSPS) is 32.9. The minimum absolute atomic E-state index is 0.363. The van der Waals surface area contributed by atoms with Gasteiger partial charge in [0.2, 0.25) is 0 Å². The first-order chi connectivity index (χ1) is 7.16. The summed E-state index contributed by atoms with van der Waals surface area (Å²) in [6, 6.07) is 0. The molecule has 0 radical (unpaired) electrons. The number of hydrogen-bond acceptors (Lipinski definition) is 2. The molecule has 1 fully saturated rings. The molecule has 3 atom stereocenters. The van der Waals surface area contributed by atoms with Gasteiger partial charge in [0, 0.05) is 12.3 Å². The fourth-order valence-electron chi connectivity index (χ4n) is 2.91. The summed E-state index contributed by atoms with van der Waals surface area (Å²) in [4.78, 5) is 14.1. The Hall–Kier alpha value is -0.630. The molecule has 0 aromatic heterocycles. The second-order valence-corrected chi connectivity index (χ2v) is 5.26. The van der Waals surface area contributed by atoms with Crippen molar-refractivity contribution in [2.24, 2.45) is 17.8 Å². The van der Waals surface area contributed by atoms with Crippen LogP contribution in [-0.4, -0.2) is 31.3 Å². The highest BCUT2D eigenvalue weighted by atomic mass is 16.1. The van der Waals surface area contributed by atoms with Gasteiger partial charge in [0.15, 0.2) is 0 Å². The van der Waals surface area contributed by atoms with Crippen LogP contribution in [0.3, 0.4) is 0 Å². The van der Waals surface area contributed by atoms with Crippen molar-refractivity contribution in [1.82, 2.24) is 4.90 Å². The Morgan fingerprint density at radius 2 is 2.13 bits per heavy atom. The van der Waals surface area contributed by atoms with E-state index in [2.05, 4.69) is 31.1 Å². The Morgan fingerprint density at radius 1 is 1.33 bits per heavy atom. The number of carbonyl (C=O) groups is 1. The van der Waals surface area contributed by atoms with Gasteiger partial charge in [-0.05, 0) is 51.7 Å². The van der Waals surface area contributed by atoms with Crippen molar-refractivity contribution in [2.45, 2.75) is 25.7 Å². The Kier molecular flexibility index (Phi) is 3.25. The summed E-state index contributed by atoms with van der Waals surface area (Å²) in [7, 11) is 4.12. The van der Waals surface area contributed by atoms with Gasteiger partial charge in [-0.1, -0.05) is 12.2 Å². The molecule has 0 spiro atoms. The van der Waals surface area contributed by atoms with E-state index in [0.29, 0.717) is 17.6 Å². The van der Waals surface area contributed by atoms with Gasteiger partial charge in [0.25, 0.3) is 0 Å². The maximum Gasteiger partial charge on any atom is 0.136 e. The Bertz CT molecular complexity index is 270. The molecule has 1 saturated carbocycles. The third-order valence-corrected chi connectivity index (χ3v) is 3.72. The van der Waals surface area contributed by atoms with Crippen molar-refractivity contribution in [3.05, 3.63) is 12.2 Å². The molecule has 2 aliphatic carbocycles. The van der Waals surface area contributed by atoms with Crippen molar-refractivity contribution >= 4 is 5.78 Å². The van der Waals surface area contributed by atoms with Crippen LogP contribution in [0, 0.1) is 17.8 Å². The van der Waals surface area contributed by atoms with Crippen molar-refractivity contribution in [3.63, 3.8) is 0 Å². The van der Waals surface area contributed by atoms with Crippen LogP contribution in [0.5, 0.6) is 0 Å². The predicted octanol–water partition coefficient (Wildman–Crippen LogP) is 2.11. The van der Waals surface area contributed by atoms with Crippen LogP contribution < -0.4 is 0 Å². The van der Waals surface area contributed by atoms with Gasteiger partial charge in [-0.25, -0.2) is 0 Å². The van der Waals surface area contributed by atoms with E-state index in [9.17, 15) is 4.79 Å². The molecule has 84 valence electrons. The molecule has 2 rings (SSSR count). The minimum atomic E-state index is 0.363. The lowest BCUT2D eigenvalue weighted by molar-refractivity contribution is -0.123. The summed E-state index contributed by atoms with van der Waals surface area (Å²) in [5, 5.41) is 0. The topological polar surface area (TPSA) is 20.3 Å². The smallest absolute Gasteiger partial charge is 0.136 e. The first-order valence-corrected chi connectivity index (χ1v) is 6.02. The lowest BCUT2D eigenvalue weighted by Gasteiger charge is -2.17. The predicted molar refractivity (Wildman–Crippen MR) is 61.6 cm³/mol. The average Bonchev–Trinajstić information content (AvgIpc) is 2.77. The van der Waals surface area contributed by atoms with Gasteiger partial charge in [-0.15, -0.1) is 0 Å². The summed E-state index contributed by atoms with van der Waals surface area (Å²) in [5.41, 5.74) is 0. The number of ketones is 1. The molecule has 0 saturated heterocycles. The van der Waals surface area contributed by atoms with Crippen molar-refractivity contribution < 1.29 is 4.79 Å². The van der Waals surface area contributed by atoms with Gasteiger partial charge in [-0.2, -0.15) is 0 Å². The van der Waals surface area contributed by atoms with E-state index in [-0.39, 0.29) is 0 Å². The molecule has 0 N–H and O–H groups in total. The van der Waals surface area contributed by atoms with Crippen molar-refractivity contribution in [1.29, 1.82) is 0 Å². The van der Waals surface area contributed by atoms with E-state index in [0.717, 1.165) is 31.7 Å². The Morgan fingerprint density at radius 3 is 2.67 bits per heavy atom. The zero-order chi connectivity index (χ0) is 10.8. The number of Topliss-reactive ketones (excluding diaryl/α,β-unsaturated/α-hetero) is 1. The van der Waals surface area contributed by atoms with Gasteiger partial charge >= 0.3 is 0 Å². The number of allylic oxidation sites excluding steroid dienone is 2. The molecule has 3 unspecified atom stereocenters. The second kappa shape index (κ2) is 4.48. The molecule has 0 amide bonds. The van der Waals surface area contributed by atoms with Crippen LogP contribution in [0.1, 0.15) is 25.7 Å². The summed E-state index contributed by atoms with van der Waals surface area (Å²) in [6.07, 6.45) is 8.73. The number of hydrogen-bond donors (Lipinski definition) is 0. The summed E-state index contributed by atoms with van der Waals surface area (Å²) in [5.74, 6) is 2.18. The maximum atomic E-state index is 12.0. The van der Waals surface area contributed by atoms with Gasteiger partial charge in [0.05, 0.1) is 0 Å². The fourth-order valence-corrected chi connectivity index (χ4v) is 2.91. The molecule has 0 aromatic carbocycles. The van der Waals surface area contributed by atoms with E-state index in [4.69, 9.17) is 0 Å². The maximum absolute atomic E-state index is 12.0. The zero-order valence-electron chi connectivity index (χ0n) is 9.78. The van der Waals surface area contributed by atoms with Gasteiger partial charge < -0.3 is 4.90 Å². The zero-order valence-corrected chi connectivity index (χ0v) is 9.78. The van der Waals surface area contributed by atoms with E-state index in [1.165, 1.54) is 6.42 Å². The molecule has 15 heavy (non-hydrogen) atoms. The molecule has 0 aromatic rings. The Labute approximate surface area is 92.3 Å². The van der Waals surface area contributed by atoms with Crippen molar-refractivity contribution in [3.8, 4) is 0 Å². The van der Waals surface area contributed by atoms with Crippen LogP contribution in [0.25, 0.3) is 0 Å². The summed E-state index contributed by atoms with van der Waals surface area (Å²) >= 11 is 0. The largest absolute Gasteiger partial charge is 0.309 e. The lowest BCUT2D eigenvalue weighted by Crippen LogP contribution is -2.21. The Balaban J connectivity index is 1.75. The van der Waals surface area contributed by atoms with E-state index < -0.39 is 0 Å². The number of nitrogens with zero attached hydrogens (tertiary/aromatic N) is 1. The quantitative estimate of drug-likeness (QED) is 0.644. The SMILES string of the molecule is CN(C)CCCC(=O)C1CC2C=CC1C2. The second-order valence-electron chi connectivity index (χ2n) is 5.26. The third-order valence-electron chi connectivity index (χ3n) is 3.72. The van der Waals surface area contributed by atoms with Crippen LogP contribution in [-0.2, 0) is 4.79 Å². The third kappa shape index (κ3) is 2.49. The van der Waals surface area contributed by atoms with E-state index in [1.807, 2.05) is 0 Å².